The van der Waals surface area contributed by atoms with E-state index in [9.17, 15) is 13.2 Å². The number of benzene rings is 2. The largest absolute Gasteiger partial charge is 0.352 e. The van der Waals surface area contributed by atoms with Gasteiger partial charge in [-0.25, -0.2) is 8.42 Å². The van der Waals surface area contributed by atoms with Crippen molar-refractivity contribution in [3.63, 3.8) is 0 Å². The monoisotopic (exact) mass is 420 g/mol. The number of hydrogen-bond donors (Lipinski definition) is 1. The van der Waals surface area contributed by atoms with Gasteiger partial charge in [0, 0.05) is 11.1 Å². The highest BCUT2D eigenvalue weighted by molar-refractivity contribution is 7.92. The minimum atomic E-state index is -3.89. The van der Waals surface area contributed by atoms with E-state index in [1.165, 1.54) is 6.42 Å². The van der Waals surface area contributed by atoms with Crippen molar-refractivity contribution in [1.29, 1.82) is 0 Å². The summed E-state index contributed by atoms with van der Waals surface area (Å²) in [5.41, 5.74) is 1.37. The van der Waals surface area contributed by atoms with Crippen LogP contribution in [0, 0.1) is 6.92 Å². The molecule has 7 heteroatoms. The average Bonchev–Trinajstić information content (AvgIpc) is 2.68. The van der Waals surface area contributed by atoms with Crippen LogP contribution in [0.2, 0.25) is 5.02 Å². The predicted octanol–water partition coefficient (Wildman–Crippen LogP) is 4.29. The fraction of sp³-hybridized carbons (Fsp3) is 0.381. The van der Waals surface area contributed by atoms with E-state index in [1.807, 2.05) is 6.92 Å². The molecule has 1 saturated carbocycles. The molecular formula is C21H25ClN2O3S. The molecule has 0 aromatic heterocycles. The maximum Gasteiger partial charge on any atom is 0.264 e. The normalized spacial score (nSPS) is 15.2. The van der Waals surface area contributed by atoms with Crippen molar-refractivity contribution in [2.45, 2.75) is 50.0 Å². The summed E-state index contributed by atoms with van der Waals surface area (Å²) in [5.74, 6) is -0.294. The van der Waals surface area contributed by atoms with Gasteiger partial charge in [-0.05, 0) is 56.2 Å². The minimum Gasteiger partial charge on any atom is -0.352 e. The number of rotatable bonds is 6. The molecule has 1 N–H and O–H groups in total. The van der Waals surface area contributed by atoms with Gasteiger partial charge >= 0.3 is 0 Å². The van der Waals surface area contributed by atoms with Crippen molar-refractivity contribution in [3.05, 3.63) is 59.1 Å². The second-order valence-electron chi connectivity index (χ2n) is 7.20. The Kier molecular flexibility index (Phi) is 6.62. The number of nitrogens with one attached hydrogen (secondary N) is 1. The van der Waals surface area contributed by atoms with Crippen molar-refractivity contribution < 1.29 is 13.2 Å². The first kappa shape index (κ1) is 20.7. The first-order valence-corrected chi connectivity index (χ1v) is 11.3. The number of aryl methyl sites for hydroxylation is 1. The lowest BCUT2D eigenvalue weighted by Gasteiger charge is -2.27. The Balaban J connectivity index is 1.87. The van der Waals surface area contributed by atoms with E-state index in [2.05, 4.69) is 5.32 Å². The Bertz CT molecular complexity index is 906. The first-order chi connectivity index (χ1) is 13.4. The van der Waals surface area contributed by atoms with Gasteiger partial charge in [-0.3, -0.25) is 9.10 Å². The number of anilines is 1. The number of nitrogens with zero attached hydrogens (tertiary/aromatic N) is 1. The fourth-order valence-corrected chi connectivity index (χ4v) is 4.96. The number of amides is 1. The summed E-state index contributed by atoms with van der Waals surface area (Å²) in [7, 11) is -3.89. The Morgan fingerprint density at radius 2 is 1.64 bits per heavy atom. The van der Waals surface area contributed by atoms with Crippen molar-refractivity contribution in [3.8, 4) is 0 Å². The van der Waals surface area contributed by atoms with Gasteiger partial charge in [0.15, 0.2) is 0 Å². The second kappa shape index (κ2) is 8.97. The van der Waals surface area contributed by atoms with Crippen LogP contribution in [0.15, 0.2) is 53.4 Å². The van der Waals surface area contributed by atoms with Gasteiger partial charge in [0.25, 0.3) is 10.0 Å². The number of sulfonamides is 1. The summed E-state index contributed by atoms with van der Waals surface area (Å²) < 4.78 is 27.7. The summed E-state index contributed by atoms with van der Waals surface area (Å²) >= 11 is 5.95. The highest BCUT2D eigenvalue weighted by atomic mass is 35.5. The third kappa shape index (κ3) is 5.06. The molecule has 0 spiro atoms. The number of hydrogen-bond acceptors (Lipinski definition) is 3. The van der Waals surface area contributed by atoms with Crippen LogP contribution in [0.25, 0.3) is 0 Å². The summed E-state index contributed by atoms with van der Waals surface area (Å²) in [4.78, 5) is 12.8. The SMILES string of the molecule is Cc1ccc(S(=O)(=O)N(CC(=O)NC2CCCCC2)c2ccc(Cl)cc2)cc1. The molecule has 0 unspecified atom stereocenters. The molecule has 0 heterocycles. The quantitative estimate of drug-likeness (QED) is 0.757. The zero-order chi connectivity index (χ0) is 20.1. The molecule has 2 aromatic rings. The smallest absolute Gasteiger partial charge is 0.264 e. The summed E-state index contributed by atoms with van der Waals surface area (Å²) in [6.45, 7) is 1.62. The Morgan fingerprint density at radius 1 is 1.04 bits per heavy atom. The lowest BCUT2D eigenvalue weighted by molar-refractivity contribution is -0.120. The van der Waals surface area contributed by atoms with Gasteiger partial charge in [-0.2, -0.15) is 0 Å². The van der Waals surface area contributed by atoms with E-state index in [0.717, 1.165) is 35.6 Å². The molecule has 0 aliphatic heterocycles. The van der Waals surface area contributed by atoms with E-state index < -0.39 is 10.0 Å². The van der Waals surface area contributed by atoms with E-state index in [1.54, 1.807) is 48.5 Å². The number of carbonyl (C=O) groups is 1. The summed E-state index contributed by atoms with van der Waals surface area (Å²) in [5, 5.41) is 3.49. The molecule has 0 saturated heterocycles. The molecule has 1 aliphatic rings. The van der Waals surface area contributed by atoms with Crippen molar-refractivity contribution >= 4 is 33.2 Å². The molecule has 1 amide bonds. The third-order valence-electron chi connectivity index (χ3n) is 4.98. The topological polar surface area (TPSA) is 66.5 Å². The first-order valence-electron chi connectivity index (χ1n) is 9.50. The highest BCUT2D eigenvalue weighted by Gasteiger charge is 2.28. The highest BCUT2D eigenvalue weighted by Crippen LogP contribution is 2.25. The molecule has 2 aromatic carbocycles. The predicted molar refractivity (Wildman–Crippen MR) is 112 cm³/mol. The molecule has 0 atom stereocenters. The molecule has 150 valence electrons. The van der Waals surface area contributed by atoms with Crippen molar-refractivity contribution in [2.24, 2.45) is 0 Å². The Morgan fingerprint density at radius 3 is 2.25 bits per heavy atom. The van der Waals surface area contributed by atoms with Crippen LogP contribution in [-0.4, -0.2) is 26.9 Å². The standard InChI is InChI=1S/C21H25ClN2O3S/c1-16-7-13-20(14-8-16)28(26,27)24(19-11-9-17(22)10-12-19)15-21(25)23-18-5-3-2-4-6-18/h7-14,18H,2-6,15H2,1H3,(H,23,25). The van der Waals surface area contributed by atoms with Gasteiger partial charge in [0.05, 0.1) is 10.6 Å². The van der Waals surface area contributed by atoms with E-state index >= 15 is 0 Å². The van der Waals surface area contributed by atoms with Gasteiger partial charge in [0.2, 0.25) is 5.91 Å². The van der Waals surface area contributed by atoms with Gasteiger partial charge in [-0.1, -0.05) is 48.6 Å². The van der Waals surface area contributed by atoms with Crippen LogP contribution >= 0.6 is 11.6 Å². The Hall–Kier alpha value is -2.05. The molecule has 3 rings (SSSR count). The molecule has 1 fully saturated rings. The van der Waals surface area contributed by atoms with E-state index in [-0.39, 0.29) is 23.4 Å². The second-order valence-corrected chi connectivity index (χ2v) is 9.50. The third-order valence-corrected chi connectivity index (χ3v) is 7.02. The van der Waals surface area contributed by atoms with Gasteiger partial charge in [0.1, 0.15) is 6.54 Å². The molecule has 5 nitrogen and oxygen atoms in total. The molecular weight excluding hydrogens is 396 g/mol. The van der Waals surface area contributed by atoms with Crippen LogP contribution < -0.4 is 9.62 Å². The maximum atomic E-state index is 13.3. The minimum absolute atomic E-state index is 0.121. The van der Waals surface area contributed by atoms with Crippen LogP contribution in [0.3, 0.4) is 0 Å². The van der Waals surface area contributed by atoms with Gasteiger partial charge in [-0.15, -0.1) is 0 Å². The summed E-state index contributed by atoms with van der Waals surface area (Å²) in [6.07, 6.45) is 5.25. The molecule has 0 bridgehead atoms. The average molecular weight is 421 g/mol. The van der Waals surface area contributed by atoms with Crippen molar-refractivity contribution in [1.82, 2.24) is 5.32 Å². The molecule has 28 heavy (non-hydrogen) atoms. The van der Waals surface area contributed by atoms with E-state index in [0.29, 0.717) is 10.7 Å². The zero-order valence-electron chi connectivity index (χ0n) is 15.9. The van der Waals surface area contributed by atoms with Crippen LogP contribution in [0.4, 0.5) is 5.69 Å². The van der Waals surface area contributed by atoms with Gasteiger partial charge < -0.3 is 5.32 Å². The maximum absolute atomic E-state index is 13.3. The molecule has 1 aliphatic carbocycles. The number of halogens is 1. The fourth-order valence-electron chi connectivity index (χ4n) is 3.41. The number of carbonyl (C=O) groups excluding carboxylic acids is 1. The summed E-state index contributed by atoms with van der Waals surface area (Å²) in [6, 6.07) is 13.2. The van der Waals surface area contributed by atoms with E-state index in [4.69, 9.17) is 11.6 Å². The van der Waals surface area contributed by atoms with Crippen LogP contribution in [0.5, 0.6) is 0 Å². The Labute approximate surface area is 171 Å². The molecule has 0 radical (unpaired) electrons. The van der Waals surface area contributed by atoms with Crippen LogP contribution in [0.1, 0.15) is 37.7 Å². The van der Waals surface area contributed by atoms with Crippen molar-refractivity contribution in [2.75, 3.05) is 10.8 Å². The lowest BCUT2D eigenvalue weighted by atomic mass is 9.95. The van der Waals surface area contributed by atoms with Crippen LogP contribution in [-0.2, 0) is 14.8 Å². The zero-order valence-corrected chi connectivity index (χ0v) is 17.5. The lowest BCUT2D eigenvalue weighted by Crippen LogP contribution is -2.44.